The van der Waals surface area contributed by atoms with Gasteiger partial charge in [-0.05, 0) is 68.6 Å². The number of rotatable bonds is 5. The monoisotopic (exact) mass is 515 g/mol. The van der Waals surface area contributed by atoms with Crippen molar-refractivity contribution in [1.82, 2.24) is 24.5 Å². The van der Waals surface area contributed by atoms with E-state index in [9.17, 15) is 8.78 Å². The van der Waals surface area contributed by atoms with Gasteiger partial charge in [0.05, 0.1) is 34.9 Å². The Bertz CT molecular complexity index is 1500. The fraction of sp³-hybridized carbons (Fsp3) is 0.414. The molecule has 3 atom stereocenters. The Morgan fingerprint density at radius 2 is 1.95 bits per heavy atom. The van der Waals surface area contributed by atoms with Gasteiger partial charge in [-0.25, -0.2) is 18.3 Å². The number of nitrogens with zero attached hydrogens (tertiary/aromatic N) is 7. The highest BCUT2D eigenvalue weighted by atomic mass is 19.1. The van der Waals surface area contributed by atoms with Crippen molar-refractivity contribution in [2.24, 2.45) is 5.92 Å². The Morgan fingerprint density at radius 3 is 2.71 bits per heavy atom. The number of pyridine rings is 1. The molecule has 196 valence electrons. The Balaban J connectivity index is 1.19. The van der Waals surface area contributed by atoms with E-state index in [0.29, 0.717) is 23.2 Å². The molecule has 0 amide bonds. The average Bonchev–Trinajstić information content (AvgIpc) is 3.31. The predicted molar refractivity (Wildman–Crippen MR) is 143 cm³/mol. The van der Waals surface area contributed by atoms with Crippen molar-refractivity contribution in [2.45, 2.75) is 38.3 Å². The maximum Gasteiger partial charge on any atom is 0.166 e. The molecule has 1 saturated carbocycles. The van der Waals surface area contributed by atoms with Crippen LogP contribution in [0.15, 0.2) is 55.0 Å². The number of fused-ring (bicyclic) bond motifs is 2. The molecule has 7 rings (SSSR count). The third kappa shape index (κ3) is 3.59. The molecule has 2 aliphatic heterocycles. The molecule has 2 saturated heterocycles. The van der Waals surface area contributed by atoms with Gasteiger partial charge in [0, 0.05) is 44.0 Å². The molecule has 0 radical (unpaired) electrons. The van der Waals surface area contributed by atoms with Crippen LogP contribution < -0.4 is 9.80 Å². The molecule has 9 heteroatoms. The summed E-state index contributed by atoms with van der Waals surface area (Å²) in [5.41, 5.74) is 3.38. The smallest absolute Gasteiger partial charge is 0.166 e. The first-order valence-electron chi connectivity index (χ1n) is 13.5. The number of anilines is 2. The van der Waals surface area contributed by atoms with Crippen LogP contribution in [-0.4, -0.2) is 63.2 Å². The molecule has 5 heterocycles. The Kier molecular flexibility index (Phi) is 5.40. The molecular weight excluding hydrogens is 484 g/mol. The quantitative estimate of drug-likeness (QED) is 0.383. The summed E-state index contributed by atoms with van der Waals surface area (Å²) in [5.74, 6) is 0.285. The van der Waals surface area contributed by atoms with Gasteiger partial charge in [0.15, 0.2) is 5.65 Å². The van der Waals surface area contributed by atoms with E-state index in [4.69, 9.17) is 9.97 Å². The highest BCUT2D eigenvalue weighted by Gasteiger charge is 2.64. The van der Waals surface area contributed by atoms with Gasteiger partial charge in [0.1, 0.15) is 17.5 Å². The van der Waals surface area contributed by atoms with Gasteiger partial charge in [-0.2, -0.15) is 5.10 Å². The number of aromatic nitrogens is 4. The van der Waals surface area contributed by atoms with Crippen molar-refractivity contribution in [2.75, 3.05) is 42.5 Å². The van der Waals surface area contributed by atoms with Gasteiger partial charge < -0.3 is 9.80 Å². The molecule has 3 aromatic heterocycles. The second-order valence-electron chi connectivity index (χ2n) is 10.8. The number of hydrogen-bond donors (Lipinski definition) is 0. The molecule has 38 heavy (non-hydrogen) atoms. The van der Waals surface area contributed by atoms with Gasteiger partial charge in [0.2, 0.25) is 0 Å². The van der Waals surface area contributed by atoms with E-state index in [1.165, 1.54) is 18.2 Å². The Morgan fingerprint density at radius 1 is 1.05 bits per heavy atom. The molecule has 3 fully saturated rings. The molecule has 4 aromatic rings. The lowest BCUT2D eigenvalue weighted by molar-refractivity contribution is 0.199. The molecule has 0 spiro atoms. The van der Waals surface area contributed by atoms with Gasteiger partial charge in [0.25, 0.3) is 0 Å². The molecule has 0 bridgehead atoms. The molecule has 0 N–H and O–H groups in total. The summed E-state index contributed by atoms with van der Waals surface area (Å²) in [6.07, 6.45) is 7.36. The van der Waals surface area contributed by atoms with Gasteiger partial charge in [-0.15, -0.1) is 0 Å². The number of hydrogen-bond acceptors (Lipinski definition) is 6. The summed E-state index contributed by atoms with van der Waals surface area (Å²) in [7, 11) is 0. The van der Waals surface area contributed by atoms with E-state index < -0.39 is 11.4 Å². The summed E-state index contributed by atoms with van der Waals surface area (Å²) < 4.78 is 30.7. The Hall–Kier alpha value is -3.59. The molecule has 0 unspecified atom stereocenters. The maximum atomic E-state index is 14.9. The number of halogens is 2. The normalized spacial score (nSPS) is 25.3. The van der Waals surface area contributed by atoms with Crippen molar-refractivity contribution in [1.29, 1.82) is 0 Å². The van der Waals surface area contributed by atoms with Crippen molar-refractivity contribution in [3.05, 3.63) is 72.2 Å². The van der Waals surface area contributed by atoms with E-state index in [1.807, 2.05) is 24.5 Å². The summed E-state index contributed by atoms with van der Waals surface area (Å²) in [6, 6.07) is 10.4. The first kappa shape index (κ1) is 23.5. The SMILES string of the molecule is CCN1CCN(c2ccc(-c3cnn4ccc(N5CC[C@H]6C[C@]65c5cc(F)ccc5F)nc34)nc2)C[C@@H]1C. The molecular formula is C29H31F2N7. The zero-order chi connectivity index (χ0) is 26.0. The fourth-order valence-electron chi connectivity index (χ4n) is 6.72. The van der Waals surface area contributed by atoms with Crippen molar-refractivity contribution < 1.29 is 8.78 Å². The van der Waals surface area contributed by atoms with Gasteiger partial charge in [-0.1, -0.05) is 6.92 Å². The largest absolute Gasteiger partial charge is 0.367 e. The minimum Gasteiger partial charge on any atom is -0.367 e. The lowest BCUT2D eigenvalue weighted by Gasteiger charge is -2.40. The van der Waals surface area contributed by atoms with Crippen LogP contribution in [0.5, 0.6) is 0 Å². The highest BCUT2D eigenvalue weighted by molar-refractivity contribution is 5.76. The second kappa shape index (κ2) is 8.73. The standard InChI is InChI=1S/C29H31F2N7/c1-3-35-12-13-36(18-19(35)2)22-5-7-26(32-16-22)23-17-33-38-11-9-27(34-28(23)38)37-10-8-20-15-29(20,37)24-14-21(30)4-6-25(24)31/h4-7,9,11,14,16-17,19-20H,3,8,10,12-13,15,18H2,1-2H3/t19-,20-,29+/m0/s1. The minimum absolute atomic E-state index is 0.303. The third-order valence-electron chi connectivity index (χ3n) is 8.84. The Labute approximate surface area is 220 Å². The van der Waals surface area contributed by atoms with E-state index in [1.54, 1.807) is 10.7 Å². The minimum atomic E-state index is -0.531. The van der Waals surface area contributed by atoms with E-state index in [0.717, 1.165) is 68.3 Å². The highest BCUT2D eigenvalue weighted by Crippen LogP contribution is 2.63. The summed E-state index contributed by atoms with van der Waals surface area (Å²) in [4.78, 5) is 16.8. The fourth-order valence-corrected chi connectivity index (χ4v) is 6.72. The zero-order valence-electron chi connectivity index (χ0n) is 21.7. The molecule has 1 aromatic carbocycles. The summed E-state index contributed by atoms with van der Waals surface area (Å²) in [6.45, 7) is 9.35. The third-order valence-corrected chi connectivity index (χ3v) is 8.84. The van der Waals surface area contributed by atoms with E-state index >= 15 is 0 Å². The van der Waals surface area contributed by atoms with Crippen LogP contribution in [0.2, 0.25) is 0 Å². The van der Waals surface area contributed by atoms with Crippen molar-refractivity contribution in [3.63, 3.8) is 0 Å². The topological polar surface area (TPSA) is 52.8 Å². The van der Waals surface area contributed by atoms with Crippen LogP contribution in [0.1, 0.15) is 32.3 Å². The second-order valence-corrected chi connectivity index (χ2v) is 10.8. The molecule has 1 aliphatic carbocycles. The number of benzene rings is 1. The first-order chi connectivity index (χ1) is 18.5. The molecule has 3 aliphatic rings. The van der Waals surface area contributed by atoms with Gasteiger partial charge in [-0.3, -0.25) is 9.88 Å². The van der Waals surface area contributed by atoms with E-state index in [2.05, 4.69) is 39.7 Å². The lowest BCUT2D eigenvalue weighted by Crippen LogP contribution is -2.51. The number of piperazine rings is 1. The first-order valence-corrected chi connectivity index (χ1v) is 13.5. The average molecular weight is 516 g/mol. The van der Waals surface area contributed by atoms with Gasteiger partial charge >= 0.3 is 0 Å². The van der Waals surface area contributed by atoms with Crippen LogP contribution in [0, 0.1) is 17.6 Å². The summed E-state index contributed by atoms with van der Waals surface area (Å²) >= 11 is 0. The number of likely N-dealkylation sites (N-methyl/N-ethyl adjacent to an activating group) is 1. The van der Waals surface area contributed by atoms with Crippen LogP contribution in [0.4, 0.5) is 20.3 Å². The van der Waals surface area contributed by atoms with Crippen LogP contribution >= 0.6 is 0 Å². The maximum absolute atomic E-state index is 14.9. The van der Waals surface area contributed by atoms with E-state index in [-0.39, 0.29) is 5.82 Å². The van der Waals surface area contributed by atoms with Crippen molar-refractivity contribution in [3.8, 4) is 11.3 Å². The lowest BCUT2D eigenvalue weighted by atomic mass is 10.0. The molecule has 7 nitrogen and oxygen atoms in total. The predicted octanol–water partition coefficient (Wildman–Crippen LogP) is 4.73. The summed E-state index contributed by atoms with van der Waals surface area (Å²) in [5, 5.41) is 4.50. The van der Waals surface area contributed by atoms with Crippen LogP contribution in [0.25, 0.3) is 16.9 Å². The number of piperidine rings is 1. The van der Waals surface area contributed by atoms with Crippen LogP contribution in [0.3, 0.4) is 0 Å². The van der Waals surface area contributed by atoms with Crippen molar-refractivity contribution >= 4 is 17.2 Å². The zero-order valence-corrected chi connectivity index (χ0v) is 21.7. The van der Waals surface area contributed by atoms with Crippen LogP contribution in [-0.2, 0) is 5.54 Å².